The second-order valence-corrected chi connectivity index (χ2v) is 12.0. The number of aromatic nitrogens is 3. The second-order valence-electron chi connectivity index (χ2n) is 8.88. The Labute approximate surface area is 240 Å². The normalized spacial score (nSPS) is 11.3. The largest absolute Gasteiger partial charge is 0.494 e. The predicted octanol–water partition coefficient (Wildman–Crippen LogP) is 4.35. The third-order valence-corrected chi connectivity index (χ3v) is 9.14. The summed E-state index contributed by atoms with van der Waals surface area (Å²) in [6.07, 6.45) is 1.69. The van der Waals surface area contributed by atoms with Crippen LogP contribution in [0.25, 0.3) is 16.3 Å². The molecule has 0 atom stereocenters. The average molecular weight is 600 g/mol. The number of benzene rings is 2. The van der Waals surface area contributed by atoms with Gasteiger partial charge in [0, 0.05) is 16.9 Å². The van der Waals surface area contributed by atoms with Crippen LogP contribution in [-0.2, 0) is 21.0 Å². The summed E-state index contributed by atoms with van der Waals surface area (Å²) in [5, 5.41) is 12.0. The molecule has 0 aliphatic carbocycles. The van der Waals surface area contributed by atoms with Gasteiger partial charge in [0.2, 0.25) is 15.7 Å². The summed E-state index contributed by atoms with van der Waals surface area (Å²) in [6.45, 7) is 3.69. The first-order valence-electron chi connectivity index (χ1n) is 12.6. The molecule has 0 fully saturated rings. The maximum absolute atomic E-state index is 13.8. The lowest BCUT2D eigenvalue weighted by Gasteiger charge is -2.21. The number of carbonyl (C=O) groups excluding carboxylic acids is 1. The Balaban J connectivity index is 1.88. The number of unbranched alkanes of at least 4 members (excludes halogenated alkanes) is 1. The summed E-state index contributed by atoms with van der Waals surface area (Å²) >= 11 is 1.25. The molecule has 2 aromatic heterocycles. The number of aromatic hydroxyl groups is 1. The van der Waals surface area contributed by atoms with E-state index in [2.05, 4.69) is 9.97 Å². The number of methoxy groups -OCH3 is 3. The van der Waals surface area contributed by atoms with E-state index < -0.39 is 32.1 Å². The SMILES string of the molecule is CCCCc1nc(=O)c(S(=O)(=O)c2ccc(-c3nc(C(=O)OC)c(C)s3)cc2)c(O)n1-c1c(OC)cccc1OC. The fourth-order valence-electron chi connectivity index (χ4n) is 4.26. The van der Waals surface area contributed by atoms with Gasteiger partial charge in [0.25, 0.3) is 5.56 Å². The van der Waals surface area contributed by atoms with E-state index in [4.69, 9.17) is 14.2 Å². The minimum absolute atomic E-state index is 0.159. The first kappa shape index (κ1) is 29.7. The summed E-state index contributed by atoms with van der Waals surface area (Å²) in [6, 6.07) is 10.5. The molecular weight excluding hydrogens is 570 g/mol. The molecule has 216 valence electrons. The van der Waals surface area contributed by atoms with Crippen molar-refractivity contribution in [1.29, 1.82) is 0 Å². The number of hydrogen-bond acceptors (Lipinski definition) is 11. The maximum atomic E-state index is 13.8. The number of sulfone groups is 1. The number of para-hydroxylation sites is 1. The van der Waals surface area contributed by atoms with Crippen molar-refractivity contribution in [2.24, 2.45) is 0 Å². The number of esters is 1. The van der Waals surface area contributed by atoms with Crippen LogP contribution >= 0.6 is 11.3 Å². The molecule has 13 heteroatoms. The van der Waals surface area contributed by atoms with Gasteiger partial charge in [-0.2, -0.15) is 4.98 Å². The summed E-state index contributed by atoms with van der Waals surface area (Å²) in [5.41, 5.74) is -0.140. The lowest BCUT2D eigenvalue weighted by atomic mass is 10.2. The number of thiazole rings is 1. The van der Waals surface area contributed by atoms with Crippen molar-refractivity contribution < 1.29 is 32.5 Å². The van der Waals surface area contributed by atoms with Crippen LogP contribution in [0.3, 0.4) is 0 Å². The van der Waals surface area contributed by atoms with Crippen LogP contribution < -0.4 is 15.0 Å². The van der Waals surface area contributed by atoms with Crippen LogP contribution in [0.15, 0.2) is 57.1 Å². The molecule has 0 aliphatic rings. The quantitative estimate of drug-likeness (QED) is 0.261. The zero-order valence-electron chi connectivity index (χ0n) is 23.1. The Kier molecular flexibility index (Phi) is 8.78. The van der Waals surface area contributed by atoms with Gasteiger partial charge in [-0.15, -0.1) is 11.3 Å². The van der Waals surface area contributed by atoms with E-state index >= 15 is 0 Å². The molecular formula is C28H29N3O8S2. The number of hydrogen-bond donors (Lipinski definition) is 1. The van der Waals surface area contributed by atoms with E-state index in [1.807, 2.05) is 6.92 Å². The summed E-state index contributed by atoms with van der Waals surface area (Å²) in [5.74, 6) is -0.660. The Morgan fingerprint density at radius 2 is 1.66 bits per heavy atom. The van der Waals surface area contributed by atoms with Crippen LogP contribution in [0.5, 0.6) is 17.4 Å². The minimum Gasteiger partial charge on any atom is -0.494 e. The van der Waals surface area contributed by atoms with Crippen LogP contribution in [0, 0.1) is 6.92 Å². The van der Waals surface area contributed by atoms with E-state index in [1.165, 1.54) is 61.5 Å². The van der Waals surface area contributed by atoms with E-state index in [9.17, 15) is 23.1 Å². The molecule has 4 aromatic rings. The number of nitrogens with zero attached hydrogens (tertiary/aromatic N) is 3. The topological polar surface area (TPSA) is 147 Å². The smallest absolute Gasteiger partial charge is 0.357 e. The summed E-state index contributed by atoms with van der Waals surface area (Å²) < 4.78 is 44.5. The zero-order valence-corrected chi connectivity index (χ0v) is 24.8. The monoisotopic (exact) mass is 599 g/mol. The fourth-order valence-corrected chi connectivity index (χ4v) is 6.51. The Morgan fingerprint density at radius 1 is 1.02 bits per heavy atom. The highest BCUT2D eigenvalue weighted by Crippen LogP contribution is 2.38. The number of ether oxygens (including phenoxy) is 3. The molecule has 41 heavy (non-hydrogen) atoms. The van der Waals surface area contributed by atoms with Crippen LogP contribution in [-0.4, -0.2) is 55.4 Å². The lowest BCUT2D eigenvalue weighted by Crippen LogP contribution is -2.25. The maximum Gasteiger partial charge on any atom is 0.357 e. The van der Waals surface area contributed by atoms with Gasteiger partial charge in [0.05, 0.1) is 26.2 Å². The molecule has 1 N–H and O–H groups in total. The summed E-state index contributed by atoms with van der Waals surface area (Å²) in [7, 11) is -0.432. The van der Waals surface area contributed by atoms with E-state index in [1.54, 1.807) is 25.1 Å². The predicted molar refractivity (Wildman–Crippen MR) is 152 cm³/mol. The second kappa shape index (κ2) is 12.1. The first-order valence-corrected chi connectivity index (χ1v) is 14.9. The first-order chi connectivity index (χ1) is 19.6. The Bertz CT molecular complexity index is 1740. The highest BCUT2D eigenvalue weighted by molar-refractivity contribution is 7.91. The third kappa shape index (κ3) is 5.55. The molecule has 11 nitrogen and oxygen atoms in total. The fraction of sp³-hybridized carbons (Fsp3) is 0.286. The van der Waals surface area contributed by atoms with Gasteiger partial charge in [0.15, 0.2) is 10.6 Å². The number of carbonyl (C=O) groups is 1. The van der Waals surface area contributed by atoms with Gasteiger partial charge >= 0.3 is 5.97 Å². The van der Waals surface area contributed by atoms with Crippen molar-refractivity contribution in [3.63, 3.8) is 0 Å². The van der Waals surface area contributed by atoms with Gasteiger partial charge in [-0.05, 0) is 37.6 Å². The minimum atomic E-state index is -4.55. The lowest BCUT2D eigenvalue weighted by molar-refractivity contribution is 0.0594. The van der Waals surface area contributed by atoms with Crippen molar-refractivity contribution in [1.82, 2.24) is 14.5 Å². The molecule has 0 amide bonds. The zero-order chi connectivity index (χ0) is 29.9. The van der Waals surface area contributed by atoms with Crippen LogP contribution in [0.4, 0.5) is 0 Å². The van der Waals surface area contributed by atoms with Crippen LogP contribution in [0.1, 0.15) is 41.0 Å². The average Bonchev–Trinajstić information content (AvgIpc) is 3.36. The Hall–Kier alpha value is -4.23. The number of aryl methyl sites for hydroxylation is 2. The molecule has 0 bridgehead atoms. The summed E-state index contributed by atoms with van der Waals surface area (Å²) in [4.78, 5) is 33.1. The molecule has 0 saturated heterocycles. The van der Waals surface area contributed by atoms with Crippen molar-refractivity contribution in [3.8, 4) is 33.6 Å². The molecule has 0 unspecified atom stereocenters. The third-order valence-electron chi connectivity index (χ3n) is 6.33. The van der Waals surface area contributed by atoms with Gasteiger partial charge in [-0.1, -0.05) is 31.5 Å². The van der Waals surface area contributed by atoms with Crippen molar-refractivity contribution in [2.75, 3.05) is 21.3 Å². The van der Waals surface area contributed by atoms with Crippen molar-refractivity contribution in [2.45, 2.75) is 42.9 Å². The van der Waals surface area contributed by atoms with Gasteiger partial charge in [-0.25, -0.2) is 18.2 Å². The molecule has 0 saturated carbocycles. The van der Waals surface area contributed by atoms with E-state index in [0.29, 0.717) is 21.9 Å². The standard InChI is InChI=1S/C28H29N3O8S2/c1-6-7-11-21-29-25(32)24(27(33)31(21)23-19(37-3)9-8-10-20(23)38-4)41(35,36)18-14-12-17(13-15-18)26-30-22(16(2)40-26)28(34)39-5/h8-10,12-15,33H,6-7,11H2,1-5H3. The molecule has 0 aliphatic heterocycles. The Morgan fingerprint density at radius 3 is 2.22 bits per heavy atom. The van der Waals surface area contributed by atoms with Crippen molar-refractivity contribution in [3.05, 3.63) is 69.2 Å². The molecule has 2 heterocycles. The van der Waals surface area contributed by atoms with Crippen molar-refractivity contribution >= 4 is 27.1 Å². The van der Waals surface area contributed by atoms with E-state index in [-0.39, 0.29) is 40.0 Å². The van der Waals surface area contributed by atoms with Gasteiger partial charge in [-0.3, -0.25) is 9.36 Å². The van der Waals surface area contributed by atoms with E-state index in [0.717, 1.165) is 6.42 Å². The van der Waals surface area contributed by atoms with Gasteiger partial charge in [0.1, 0.15) is 28.0 Å². The van der Waals surface area contributed by atoms with Crippen LogP contribution in [0.2, 0.25) is 0 Å². The van der Waals surface area contributed by atoms with Gasteiger partial charge < -0.3 is 19.3 Å². The highest BCUT2D eigenvalue weighted by Gasteiger charge is 2.32. The molecule has 2 aromatic carbocycles. The molecule has 0 spiro atoms. The molecule has 0 radical (unpaired) electrons. The molecule has 4 rings (SSSR count). The number of rotatable bonds is 10. The highest BCUT2D eigenvalue weighted by atomic mass is 32.2.